The summed E-state index contributed by atoms with van der Waals surface area (Å²) in [6, 6.07) is 8.66. The van der Waals surface area contributed by atoms with Gasteiger partial charge in [0, 0.05) is 28.3 Å². The second-order valence-electron chi connectivity index (χ2n) is 4.05. The summed E-state index contributed by atoms with van der Waals surface area (Å²) < 4.78 is 13.2. The first-order valence-electron chi connectivity index (χ1n) is 5.58. The minimum atomic E-state index is -0.869. The van der Waals surface area contributed by atoms with Crippen LogP contribution < -0.4 is 5.32 Å². The molecule has 0 saturated heterocycles. The number of anilines is 1. The van der Waals surface area contributed by atoms with Gasteiger partial charge in [0.15, 0.2) is 0 Å². The van der Waals surface area contributed by atoms with E-state index < -0.39 is 16.4 Å². The monoisotopic (exact) mass is 314 g/mol. The standard InChI is InChI=1S/C13H9Cl2FN2O2/c14-9-3-8(4-10(15)5-9)7-17-11-1-2-12(16)13(6-11)18(19)20/h1-6,17H,7H2. The minimum absolute atomic E-state index is 0.364. The molecule has 2 aromatic rings. The lowest BCUT2D eigenvalue weighted by Gasteiger charge is -2.07. The van der Waals surface area contributed by atoms with Crippen LogP contribution in [-0.2, 0) is 6.54 Å². The number of benzene rings is 2. The summed E-state index contributed by atoms with van der Waals surface area (Å²) in [5.41, 5.74) is 0.683. The van der Waals surface area contributed by atoms with E-state index in [-0.39, 0.29) is 0 Å². The van der Waals surface area contributed by atoms with Gasteiger partial charge in [-0.1, -0.05) is 23.2 Å². The number of nitro groups is 1. The molecule has 104 valence electrons. The van der Waals surface area contributed by atoms with Crippen molar-refractivity contribution in [1.82, 2.24) is 0 Å². The van der Waals surface area contributed by atoms with E-state index >= 15 is 0 Å². The van der Waals surface area contributed by atoms with Gasteiger partial charge in [0.1, 0.15) is 0 Å². The fourth-order valence-electron chi connectivity index (χ4n) is 1.68. The Morgan fingerprint density at radius 3 is 2.40 bits per heavy atom. The summed E-state index contributed by atoms with van der Waals surface area (Å²) in [6.45, 7) is 0.364. The molecule has 20 heavy (non-hydrogen) atoms. The van der Waals surface area contributed by atoms with Gasteiger partial charge in [0.2, 0.25) is 5.82 Å². The van der Waals surface area contributed by atoms with Crippen LogP contribution in [0, 0.1) is 15.9 Å². The van der Waals surface area contributed by atoms with Crippen LogP contribution in [0.5, 0.6) is 0 Å². The lowest BCUT2D eigenvalue weighted by molar-refractivity contribution is -0.387. The molecule has 0 heterocycles. The molecular weight excluding hydrogens is 306 g/mol. The molecule has 4 nitrogen and oxygen atoms in total. The van der Waals surface area contributed by atoms with E-state index in [1.165, 1.54) is 6.07 Å². The third-order valence-electron chi connectivity index (χ3n) is 2.56. The Balaban J connectivity index is 2.14. The minimum Gasteiger partial charge on any atom is -0.381 e. The number of nitro benzene ring substituents is 1. The predicted molar refractivity (Wildman–Crippen MR) is 76.8 cm³/mol. The summed E-state index contributed by atoms with van der Waals surface area (Å²) in [7, 11) is 0. The molecule has 0 aliphatic carbocycles. The first-order chi connectivity index (χ1) is 9.45. The smallest absolute Gasteiger partial charge is 0.306 e. The highest BCUT2D eigenvalue weighted by Crippen LogP contribution is 2.23. The number of hydrogen-bond acceptors (Lipinski definition) is 3. The number of rotatable bonds is 4. The van der Waals surface area contributed by atoms with Gasteiger partial charge in [-0.25, -0.2) is 0 Å². The van der Waals surface area contributed by atoms with Gasteiger partial charge in [-0.05, 0) is 35.9 Å². The Morgan fingerprint density at radius 2 is 1.80 bits per heavy atom. The normalized spacial score (nSPS) is 10.3. The molecule has 0 atom stereocenters. The SMILES string of the molecule is O=[N+]([O-])c1cc(NCc2cc(Cl)cc(Cl)c2)ccc1F. The second kappa shape index (κ2) is 6.07. The zero-order valence-corrected chi connectivity index (χ0v) is 11.6. The van der Waals surface area contributed by atoms with Gasteiger partial charge in [-0.2, -0.15) is 4.39 Å². The van der Waals surface area contributed by atoms with Crippen molar-refractivity contribution >= 4 is 34.6 Å². The molecule has 2 rings (SSSR count). The van der Waals surface area contributed by atoms with E-state index in [1.54, 1.807) is 18.2 Å². The third kappa shape index (κ3) is 3.59. The van der Waals surface area contributed by atoms with Crippen molar-refractivity contribution in [3.63, 3.8) is 0 Å². The van der Waals surface area contributed by atoms with Crippen LogP contribution in [0.4, 0.5) is 15.8 Å². The number of nitrogens with zero attached hydrogens (tertiary/aromatic N) is 1. The van der Waals surface area contributed by atoms with Crippen LogP contribution in [0.3, 0.4) is 0 Å². The summed E-state index contributed by atoms with van der Waals surface area (Å²) >= 11 is 11.7. The van der Waals surface area contributed by atoms with Crippen molar-refractivity contribution in [2.24, 2.45) is 0 Å². The van der Waals surface area contributed by atoms with Crippen molar-refractivity contribution in [2.45, 2.75) is 6.54 Å². The molecule has 0 aliphatic rings. The molecule has 1 N–H and O–H groups in total. The topological polar surface area (TPSA) is 55.2 Å². The van der Waals surface area contributed by atoms with E-state index in [4.69, 9.17) is 23.2 Å². The van der Waals surface area contributed by atoms with Crippen molar-refractivity contribution in [2.75, 3.05) is 5.32 Å². The fourth-order valence-corrected chi connectivity index (χ4v) is 2.25. The van der Waals surface area contributed by atoms with Gasteiger partial charge in [0.05, 0.1) is 4.92 Å². The third-order valence-corrected chi connectivity index (χ3v) is 3.00. The van der Waals surface area contributed by atoms with Crippen LogP contribution in [0.25, 0.3) is 0 Å². The highest BCUT2D eigenvalue weighted by atomic mass is 35.5. The molecule has 0 aromatic heterocycles. The Morgan fingerprint density at radius 1 is 1.15 bits per heavy atom. The zero-order valence-electron chi connectivity index (χ0n) is 10.1. The predicted octanol–water partition coefficient (Wildman–Crippen LogP) is 4.65. The molecular formula is C13H9Cl2FN2O2. The largest absolute Gasteiger partial charge is 0.381 e. The van der Waals surface area contributed by atoms with Crippen molar-refractivity contribution in [1.29, 1.82) is 0 Å². The Bertz CT molecular complexity index is 645. The highest BCUT2D eigenvalue weighted by molar-refractivity contribution is 6.34. The molecule has 0 unspecified atom stereocenters. The van der Waals surface area contributed by atoms with Gasteiger partial charge < -0.3 is 5.32 Å². The molecule has 0 amide bonds. The maximum atomic E-state index is 13.2. The zero-order chi connectivity index (χ0) is 14.7. The Hall–Kier alpha value is -1.85. The van der Waals surface area contributed by atoms with Crippen LogP contribution in [0.2, 0.25) is 10.0 Å². The number of nitrogens with one attached hydrogen (secondary N) is 1. The quantitative estimate of drug-likeness (QED) is 0.660. The van der Waals surface area contributed by atoms with Crippen molar-refractivity contribution < 1.29 is 9.31 Å². The van der Waals surface area contributed by atoms with E-state index in [1.807, 2.05) is 0 Å². The van der Waals surface area contributed by atoms with Gasteiger partial charge in [-0.3, -0.25) is 10.1 Å². The molecule has 0 aliphatic heterocycles. The fraction of sp³-hybridized carbons (Fsp3) is 0.0769. The summed E-state index contributed by atoms with van der Waals surface area (Å²) in [5.74, 6) is -0.869. The molecule has 0 spiro atoms. The summed E-state index contributed by atoms with van der Waals surface area (Å²) in [5, 5.41) is 14.6. The van der Waals surface area contributed by atoms with Gasteiger partial charge >= 0.3 is 5.69 Å². The summed E-state index contributed by atoms with van der Waals surface area (Å²) in [4.78, 5) is 9.87. The average Bonchev–Trinajstić information content (AvgIpc) is 2.36. The Labute approximate surface area is 124 Å². The molecule has 2 aromatic carbocycles. The van der Waals surface area contributed by atoms with Crippen LogP contribution in [0.15, 0.2) is 36.4 Å². The molecule has 0 radical (unpaired) electrons. The number of halogens is 3. The number of hydrogen-bond donors (Lipinski definition) is 1. The lowest BCUT2D eigenvalue weighted by atomic mass is 10.2. The van der Waals surface area contributed by atoms with Gasteiger partial charge in [-0.15, -0.1) is 0 Å². The van der Waals surface area contributed by atoms with Crippen molar-refractivity contribution in [3.05, 3.63) is 67.9 Å². The van der Waals surface area contributed by atoms with E-state index in [0.29, 0.717) is 22.3 Å². The maximum absolute atomic E-state index is 13.2. The van der Waals surface area contributed by atoms with Crippen LogP contribution in [-0.4, -0.2) is 4.92 Å². The lowest BCUT2D eigenvalue weighted by Crippen LogP contribution is -2.01. The van der Waals surface area contributed by atoms with E-state index in [2.05, 4.69) is 5.32 Å². The average molecular weight is 315 g/mol. The van der Waals surface area contributed by atoms with Crippen LogP contribution in [0.1, 0.15) is 5.56 Å². The summed E-state index contributed by atoms with van der Waals surface area (Å²) in [6.07, 6.45) is 0. The molecule has 0 fully saturated rings. The highest BCUT2D eigenvalue weighted by Gasteiger charge is 2.14. The molecule has 7 heteroatoms. The van der Waals surface area contributed by atoms with Crippen LogP contribution >= 0.6 is 23.2 Å². The van der Waals surface area contributed by atoms with Gasteiger partial charge in [0.25, 0.3) is 0 Å². The first-order valence-corrected chi connectivity index (χ1v) is 6.34. The van der Waals surface area contributed by atoms with Crippen molar-refractivity contribution in [3.8, 4) is 0 Å². The first kappa shape index (κ1) is 14.6. The van der Waals surface area contributed by atoms with E-state index in [0.717, 1.165) is 17.7 Å². The molecule has 0 saturated carbocycles. The Kier molecular flexibility index (Phi) is 4.42. The second-order valence-corrected chi connectivity index (χ2v) is 4.93. The maximum Gasteiger partial charge on any atom is 0.306 e. The van der Waals surface area contributed by atoms with E-state index in [9.17, 15) is 14.5 Å². The molecule has 0 bridgehead atoms.